The number of anilines is 1. The van der Waals surface area contributed by atoms with Crippen LogP contribution < -0.4 is 11.1 Å². The van der Waals surface area contributed by atoms with Gasteiger partial charge in [0.2, 0.25) is 0 Å². The Morgan fingerprint density at radius 2 is 1.64 bits per heavy atom. The first-order valence-electron chi connectivity index (χ1n) is 11.8. The second-order valence-corrected chi connectivity index (χ2v) is 10.9. The molecule has 1 aromatic heterocycles. The van der Waals surface area contributed by atoms with Crippen LogP contribution >= 0.6 is 0 Å². The van der Waals surface area contributed by atoms with Gasteiger partial charge in [-0.15, -0.1) is 14.6 Å². The van der Waals surface area contributed by atoms with Crippen molar-refractivity contribution >= 4 is 21.7 Å². The van der Waals surface area contributed by atoms with E-state index >= 15 is 0 Å². The number of nitriles is 1. The predicted octanol–water partition coefficient (Wildman–Crippen LogP) is 4.08. The van der Waals surface area contributed by atoms with Gasteiger partial charge in [0, 0.05) is 5.69 Å². The Bertz CT molecular complexity index is 1370. The van der Waals surface area contributed by atoms with Gasteiger partial charge in [0.25, 0.3) is 16.0 Å². The first kappa shape index (κ1) is 27.0. The van der Waals surface area contributed by atoms with Gasteiger partial charge in [-0.25, -0.2) is 0 Å². The van der Waals surface area contributed by atoms with Gasteiger partial charge >= 0.3 is 0 Å². The molecule has 0 bridgehead atoms. The summed E-state index contributed by atoms with van der Waals surface area (Å²) >= 11 is 0. The van der Waals surface area contributed by atoms with Crippen LogP contribution in [0.2, 0.25) is 0 Å². The molecule has 3 rings (SSSR count). The van der Waals surface area contributed by atoms with Crippen molar-refractivity contribution in [2.24, 2.45) is 10.1 Å². The second-order valence-electron chi connectivity index (χ2n) is 9.40. The fourth-order valence-corrected chi connectivity index (χ4v) is 5.25. The summed E-state index contributed by atoms with van der Waals surface area (Å²) in [5.41, 5.74) is 9.08. The van der Waals surface area contributed by atoms with Crippen molar-refractivity contribution in [2.45, 2.75) is 70.7 Å². The number of rotatable bonds is 7. The molecule has 0 aliphatic rings. The van der Waals surface area contributed by atoms with Crippen LogP contribution in [-0.2, 0) is 16.6 Å². The lowest BCUT2D eigenvalue weighted by atomic mass is 9.89. The second kappa shape index (κ2) is 11.0. The predicted molar refractivity (Wildman–Crippen MR) is 139 cm³/mol. The highest BCUT2D eigenvalue weighted by atomic mass is 32.2. The van der Waals surface area contributed by atoms with Crippen LogP contribution in [0.1, 0.15) is 87.4 Å². The van der Waals surface area contributed by atoms with Crippen molar-refractivity contribution in [3.8, 4) is 6.07 Å². The Kier molecular flexibility index (Phi) is 8.22. The topological polar surface area (TPSA) is 152 Å². The Labute approximate surface area is 212 Å². The summed E-state index contributed by atoms with van der Waals surface area (Å²) < 4.78 is 32.0. The van der Waals surface area contributed by atoms with E-state index in [1.165, 1.54) is 0 Å². The van der Waals surface area contributed by atoms with E-state index < -0.39 is 10.0 Å². The van der Waals surface area contributed by atoms with Crippen molar-refractivity contribution in [3.05, 3.63) is 64.5 Å². The van der Waals surface area contributed by atoms with Crippen LogP contribution in [0.25, 0.3) is 0 Å². The van der Waals surface area contributed by atoms with Crippen molar-refractivity contribution < 1.29 is 8.42 Å². The van der Waals surface area contributed by atoms with Gasteiger partial charge in [0.15, 0.2) is 5.82 Å². The van der Waals surface area contributed by atoms with E-state index in [9.17, 15) is 8.42 Å². The summed E-state index contributed by atoms with van der Waals surface area (Å²) in [7, 11) is -4.22. The third kappa shape index (κ3) is 5.95. The van der Waals surface area contributed by atoms with Crippen LogP contribution in [0.3, 0.4) is 0 Å². The Hall–Kier alpha value is -3.62. The lowest BCUT2D eigenvalue weighted by Crippen LogP contribution is -2.27. The third-order valence-electron chi connectivity index (χ3n) is 5.64. The quantitative estimate of drug-likeness (QED) is 0.358. The van der Waals surface area contributed by atoms with E-state index in [1.807, 2.05) is 45.9 Å². The molecule has 190 valence electrons. The molecule has 10 nitrogen and oxygen atoms in total. The van der Waals surface area contributed by atoms with E-state index in [-0.39, 0.29) is 41.0 Å². The van der Waals surface area contributed by atoms with Gasteiger partial charge in [-0.05, 0) is 63.9 Å². The first-order chi connectivity index (χ1) is 17.0. The van der Waals surface area contributed by atoms with Crippen LogP contribution in [0.4, 0.5) is 5.69 Å². The number of sulfonamides is 1. The van der Waals surface area contributed by atoms with Gasteiger partial charge in [0.05, 0.1) is 23.1 Å². The number of aromatic nitrogens is 4. The van der Waals surface area contributed by atoms with E-state index in [4.69, 9.17) is 11.0 Å². The third-order valence-corrected chi connectivity index (χ3v) is 7.04. The summed E-state index contributed by atoms with van der Waals surface area (Å²) in [6, 6.07) is 12.4. The standard InChI is InChI=1S/C25H32N8O2S/c1-15(2)19-11-21(16(3)4)24(22(12-19)17(5)6)36(34,35)31-25(33-30-23(14-27)29-32-33)28-20-9-7-18(13-26)8-10-20/h7-12,15-17H,14,27H2,1-6H3,(H,28,31). The fraction of sp³-hybridized carbons (Fsp3) is 0.400. The van der Waals surface area contributed by atoms with Gasteiger partial charge in [0.1, 0.15) is 0 Å². The van der Waals surface area contributed by atoms with Gasteiger partial charge in [-0.3, -0.25) is 0 Å². The number of nitrogens with two attached hydrogens (primary N) is 1. The summed E-state index contributed by atoms with van der Waals surface area (Å²) in [4.78, 5) is 1.19. The SMILES string of the molecule is CC(C)c1cc(C(C)C)c(S(=O)(=O)N=C(Nc2ccc(C#N)cc2)n2nnc(CN)n2)c(C(C)C)c1. The molecule has 0 fully saturated rings. The Morgan fingerprint density at radius 3 is 2.08 bits per heavy atom. The zero-order valence-corrected chi connectivity index (χ0v) is 22.2. The molecule has 0 radical (unpaired) electrons. The van der Waals surface area contributed by atoms with Crippen molar-refractivity contribution in [1.29, 1.82) is 5.26 Å². The molecule has 0 unspecified atom stereocenters. The lowest BCUT2D eigenvalue weighted by molar-refractivity contribution is 0.591. The number of nitrogens with zero attached hydrogens (tertiary/aromatic N) is 6. The van der Waals surface area contributed by atoms with E-state index in [0.29, 0.717) is 22.4 Å². The van der Waals surface area contributed by atoms with Gasteiger partial charge in [-0.2, -0.15) is 13.7 Å². The van der Waals surface area contributed by atoms with Crippen LogP contribution in [0.5, 0.6) is 0 Å². The Morgan fingerprint density at radius 1 is 1.06 bits per heavy atom. The van der Waals surface area contributed by atoms with Gasteiger partial charge in [-0.1, -0.05) is 58.5 Å². The molecule has 0 aliphatic carbocycles. The van der Waals surface area contributed by atoms with Crippen LogP contribution in [-0.4, -0.2) is 34.6 Å². The normalized spacial score (nSPS) is 12.4. The van der Waals surface area contributed by atoms with Crippen LogP contribution in [0, 0.1) is 11.3 Å². The lowest BCUT2D eigenvalue weighted by Gasteiger charge is -2.21. The van der Waals surface area contributed by atoms with E-state index in [0.717, 1.165) is 10.4 Å². The fourth-order valence-electron chi connectivity index (χ4n) is 3.63. The minimum absolute atomic E-state index is 0.0303. The summed E-state index contributed by atoms with van der Waals surface area (Å²) in [5.74, 6) is 0.204. The average Bonchev–Trinajstić information content (AvgIpc) is 3.32. The summed E-state index contributed by atoms with van der Waals surface area (Å²) in [5, 5.41) is 24.0. The summed E-state index contributed by atoms with van der Waals surface area (Å²) in [6.45, 7) is 12.1. The molecule has 0 atom stereocenters. The first-order valence-corrected chi connectivity index (χ1v) is 13.2. The number of hydrogen-bond acceptors (Lipinski definition) is 7. The van der Waals surface area contributed by atoms with Crippen molar-refractivity contribution in [2.75, 3.05) is 5.32 Å². The number of hydrogen-bond donors (Lipinski definition) is 2. The smallest absolute Gasteiger partial charge is 0.286 e. The minimum Gasteiger partial charge on any atom is -0.324 e. The Balaban J connectivity index is 2.24. The zero-order chi connectivity index (χ0) is 26.6. The molecule has 0 saturated heterocycles. The highest BCUT2D eigenvalue weighted by Gasteiger charge is 2.28. The molecule has 36 heavy (non-hydrogen) atoms. The van der Waals surface area contributed by atoms with E-state index in [1.54, 1.807) is 24.3 Å². The van der Waals surface area contributed by atoms with Crippen molar-refractivity contribution in [3.63, 3.8) is 0 Å². The summed E-state index contributed by atoms with van der Waals surface area (Å²) in [6.07, 6.45) is 0. The largest absolute Gasteiger partial charge is 0.324 e. The molecule has 1 heterocycles. The van der Waals surface area contributed by atoms with Gasteiger partial charge < -0.3 is 11.1 Å². The molecule has 0 amide bonds. The van der Waals surface area contributed by atoms with E-state index in [2.05, 4.69) is 39.0 Å². The minimum atomic E-state index is -4.22. The van der Waals surface area contributed by atoms with Crippen LogP contribution in [0.15, 0.2) is 45.7 Å². The zero-order valence-electron chi connectivity index (χ0n) is 21.4. The monoisotopic (exact) mass is 508 g/mol. The molecule has 0 saturated carbocycles. The van der Waals surface area contributed by atoms with Crippen molar-refractivity contribution in [1.82, 2.24) is 20.2 Å². The number of nitrogens with one attached hydrogen (secondary N) is 1. The maximum atomic E-state index is 13.9. The number of benzene rings is 2. The maximum Gasteiger partial charge on any atom is 0.286 e. The average molecular weight is 509 g/mol. The highest BCUT2D eigenvalue weighted by Crippen LogP contribution is 2.36. The molecular weight excluding hydrogens is 476 g/mol. The molecule has 2 aromatic carbocycles. The molecule has 0 spiro atoms. The maximum absolute atomic E-state index is 13.9. The molecule has 3 aromatic rings. The molecule has 3 N–H and O–H groups in total. The highest BCUT2D eigenvalue weighted by molar-refractivity contribution is 7.90. The number of tetrazole rings is 1. The molecular formula is C25H32N8O2S. The molecule has 11 heteroatoms. The molecule has 0 aliphatic heterocycles.